The van der Waals surface area contributed by atoms with Crippen molar-refractivity contribution in [2.45, 2.75) is 45.1 Å². The van der Waals surface area contributed by atoms with Gasteiger partial charge in [-0.2, -0.15) is 0 Å². The molecule has 84 valence electrons. The van der Waals surface area contributed by atoms with Gasteiger partial charge in [-0.05, 0) is 55.9 Å². The van der Waals surface area contributed by atoms with Gasteiger partial charge in [-0.15, -0.1) is 0 Å². The second-order valence-electron chi connectivity index (χ2n) is 6.04. The van der Waals surface area contributed by atoms with Gasteiger partial charge in [0.2, 0.25) is 0 Å². The number of hydrogen-bond acceptors (Lipinski definition) is 1. The topological polar surface area (TPSA) is 12.0 Å². The van der Waals surface area contributed by atoms with Crippen molar-refractivity contribution in [1.82, 2.24) is 5.32 Å². The van der Waals surface area contributed by atoms with Crippen molar-refractivity contribution in [2.75, 3.05) is 6.54 Å². The second-order valence-corrected chi connectivity index (χ2v) is 6.04. The summed E-state index contributed by atoms with van der Waals surface area (Å²) in [7, 11) is 0. The highest BCUT2D eigenvalue weighted by molar-refractivity contribution is 5.12. The third-order valence-electron chi connectivity index (χ3n) is 4.83. The fourth-order valence-corrected chi connectivity index (χ4v) is 3.78. The van der Waals surface area contributed by atoms with Gasteiger partial charge in [0.1, 0.15) is 0 Å². The van der Waals surface area contributed by atoms with Crippen LogP contribution in [0, 0.1) is 23.7 Å². The summed E-state index contributed by atoms with van der Waals surface area (Å²) in [5, 5.41) is 3.80. The molecule has 5 unspecified atom stereocenters. The number of fused-ring (bicyclic) bond motifs is 1. The second kappa shape index (κ2) is 3.93. The van der Waals surface area contributed by atoms with E-state index < -0.39 is 0 Å². The first-order chi connectivity index (χ1) is 7.33. The first-order valence-electron chi connectivity index (χ1n) is 6.73. The van der Waals surface area contributed by atoms with E-state index in [1.54, 1.807) is 0 Å². The average Bonchev–Trinajstić information content (AvgIpc) is 2.75. The Bertz CT molecular complexity index is 258. The minimum atomic E-state index is 0.824. The standard InChI is InChI=1S/C14H23N/c1-10-5-6-11(7-10)9-15-14-8-12-3-2-4-13(12)14/h2,4,10-15H,3,5-9H2,1H3. The predicted octanol–water partition coefficient (Wildman–Crippen LogP) is 2.98. The summed E-state index contributed by atoms with van der Waals surface area (Å²) in [4.78, 5) is 0. The molecule has 1 heteroatoms. The lowest BCUT2D eigenvalue weighted by Gasteiger charge is -2.41. The molecular formula is C14H23N. The van der Waals surface area contributed by atoms with Crippen molar-refractivity contribution < 1.29 is 0 Å². The van der Waals surface area contributed by atoms with Gasteiger partial charge in [0.25, 0.3) is 0 Å². The molecule has 0 radical (unpaired) electrons. The van der Waals surface area contributed by atoms with Crippen LogP contribution in [0.3, 0.4) is 0 Å². The molecule has 0 heterocycles. The summed E-state index contributed by atoms with van der Waals surface area (Å²) in [6.45, 7) is 3.69. The zero-order valence-electron chi connectivity index (χ0n) is 9.78. The van der Waals surface area contributed by atoms with E-state index in [2.05, 4.69) is 24.4 Å². The molecule has 0 bridgehead atoms. The van der Waals surface area contributed by atoms with Crippen LogP contribution in [-0.4, -0.2) is 12.6 Å². The number of allylic oxidation sites excluding steroid dienone is 1. The zero-order chi connectivity index (χ0) is 10.3. The Balaban J connectivity index is 1.41. The normalized spacial score (nSPS) is 47.9. The number of nitrogens with one attached hydrogen (secondary N) is 1. The first kappa shape index (κ1) is 9.89. The Hall–Kier alpha value is -0.300. The molecule has 0 spiro atoms. The minimum absolute atomic E-state index is 0.824. The SMILES string of the molecule is CC1CCC(CNC2CC3CC=CC32)C1. The molecule has 2 saturated carbocycles. The van der Waals surface area contributed by atoms with E-state index in [1.807, 2.05) is 0 Å². The third-order valence-corrected chi connectivity index (χ3v) is 4.83. The van der Waals surface area contributed by atoms with E-state index >= 15 is 0 Å². The molecule has 3 aliphatic carbocycles. The van der Waals surface area contributed by atoms with Gasteiger partial charge in [0.15, 0.2) is 0 Å². The van der Waals surface area contributed by atoms with Gasteiger partial charge in [0, 0.05) is 6.04 Å². The molecule has 0 aromatic heterocycles. The van der Waals surface area contributed by atoms with Crippen LogP contribution in [0.25, 0.3) is 0 Å². The Kier molecular flexibility index (Phi) is 2.59. The van der Waals surface area contributed by atoms with Crippen LogP contribution in [0.2, 0.25) is 0 Å². The quantitative estimate of drug-likeness (QED) is 0.698. The molecule has 0 aromatic rings. The zero-order valence-corrected chi connectivity index (χ0v) is 9.78. The van der Waals surface area contributed by atoms with Crippen molar-refractivity contribution in [3.8, 4) is 0 Å². The van der Waals surface area contributed by atoms with Crippen molar-refractivity contribution in [3.63, 3.8) is 0 Å². The van der Waals surface area contributed by atoms with Crippen LogP contribution in [-0.2, 0) is 0 Å². The molecule has 0 aliphatic heterocycles. The van der Waals surface area contributed by atoms with Crippen LogP contribution in [0.1, 0.15) is 39.0 Å². The lowest BCUT2D eigenvalue weighted by atomic mass is 9.71. The summed E-state index contributed by atoms with van der Waals surface area (Å²) in [6, 6.07) is 0.824. The smallest absolute Gasteiger partial charge is 0.0136 e. The van der Waals surface area contributed by atoms with Crippen LogP contribution in [0.15, 0.2) is 12.2 Å². The van der Waals surface area contributed by atoms with E-state index in [0.717, 1.165) is 29.7 Å². The van der Waals surface area contributed by atoms with Gasteiger partial charge in [-0.1, -0.05) is 25.5 Å². The molecule has 15 heavy (non-hydrogen) atoms. The predicted molar refractivity (Wildman–Crippen MR) is 63.6 cm³/mol. The van der Waals surface area contributed by atoms with Crippen LogP contribution in [0.4, 0.5) is 0 Å². The monoisotopic (exact) mass is 205 g/mol. The average molecular weight is 205 g/mol. The Morgan fingerprint density at radius 3 is 2.93 bits per heavy atom. The summed E-state index contributed by atoms with van der Waals surface area (Å²) in [5.41, 5.74) is 0. The lowest BCUT2D eigenvalue weighted by molar-refractivity contribution is 0.158. The van der Waals surface area contributed by atoms with Crippen molar-refractivity contribution >= 4 is 0 Å². The highest BCUT2D eigenvalue weighted by atomic mass is 14.9. The molecule has 3 aliphatic rings. The van der Waals surface area contributed by atoms with Crippen molar-refractivity contribution in [3.05, 3.63) is 12.2 Å². The highest BCUT2D eigenvalue weighted by Gasteiger charge is 2.40. The summed E-state index contributed by atoms with van der Waals surface area (Å²) in [5.74, 6) is 3.86. The fourth-order valence-electron chi connectivity index (χ4n) is 3.78. The molecule has 0 aromatic carbocycles. The third kappa shape index (κ3) is 1.87. The highest BCUT2D eigenvalue weighted by Crippen LogP contribution is 2.43. The van der Waals surface area contributed by atoms with E-state index in [9.17, 15) is 0 Å². The maximum Gasteiger partial charge on any atom is 0.0136 e. The maximum absolute atomic E-state index is 3.80. The van der Waals surface area contributed by atoms with Gasteiger partial charge < -0.3 is 5.32 Å². The van der Waals surface area contributed by atoms with Gasteiger partial charge in [-0.25, -0.2) is 0 Å². The van der Waals surface area contributed by atoms with Crippen LogP contribution >= 0.6 is 0 Å². The molecule has 3 rings (SSSR count). The number of hydrogen-bond donors (Lipinski definition) is 1. The molecular weight excluding hydrogens is 182 g/mol. The number of rotatable bonds is 3. The molecule has 1 N–H and O–H groups in total. The van der Waals surface area contributed by atoms with E-state index in [0.29, 0.717) is 0 Å². The van der Waals surface area contributed by atoms with Gasteiger partial charge in [0.05, 0.1) is 0 Å². The Morgan fingerprint density at radius 1 is 1.27 bits per heavy atom. The largest absolute Gasteiger partial charge is 0.313 e. The summed E-state index contributed by atoms with van der Waals surface area (Å²) >= 11 is 0. The van der Waals surface area contributed by atoms with Gasteiger partial charge in [-0.3, -0.25) is 0 Å². The molecule has 5 atom stereocenters. The lowest BCUT2D eigenvalue weighted by Crippen LogP contribution is -2.49. The summed E-state index contributed by atoms with van der Waals surface area (Å²) < 4.78 is 0. The van der Waals surface area contributed by atoms with E-state index in [4.69, 9.17) is 0 Å². The van der Waals surface area contributed by atoms with Crippen LogP contribution in [0.5, 0.6) is 0 Å². The molecule has 1 nitrogen and oxygen atoms in total. The van der Waals surface area contributed by atoms with Gasteiger partial charge >= 0.3 is 0 Å². The first-order valence-corrected chi connectivity index (χ1v) is 6.73. The molecule has 0 amide bonds. The van der Waals surface area contributed by atoms with Crippen LogP contribution < -0.4 is 5.32 Å². The molecule has 2 fully saturated rings. The minimum Gasteiger partial charge on any atom is -0.313 e. The van der Waals surface area contributed by atoms with E-state index in [-0.39, 0.29) is 0 Å². The Labute approximate surface area is 93.3 Å². The molecule has 0 saturated heterocycles. The van der Waals surface area contributed by atoms with Crippen molar-refractivity contribution in [1.29, 1.82) is 0 Å². The van der Waals surface area contributed by atoms with E-state index in [1.165, 1.54) is 38.6 Å². The van der Waals surface area contributed by atoms with Crippen molar-refractivity contribution in [2.24, 2.45) is 23.7 Å². The Morgan fingerprint density at radius 2 is 2.20 bits per heavy atom. The fraction of sp³-hybridized carbons (Fsp3) is 0.857. The maximum atomic E-state index is 3.80. The summed E-state index contributed by atoms with van der Waals surface area (Å²) in [6.07, 6.45) is 12.0.